The normalized spacial score (nSPS) is 13.5. The van der Waals surface area contributed by atoms with Crippen molar-refractivity contribution in [2.45, 2.75) is 162 Å². The summed E-state index contributed by atoms with van der Waals surface area (Å²) in [4.78, 5) is 134. The van der Waals surface area contributed by atoms with E-state index in [0.29, 0.717) is 140 Å². The Bertz CT molecular complexity index is 7140. The third-order valence-corrected chi connectivity index (χ3v) is 29.5. The molecule has 33 heteroatoms. The molecule has 2 saturated heterocycles. The maximum atomic E-state index is 12.9. The Balaban J connectivity index is 0.000000117. The number of hydrogen-bond donors (Lipinski definition) is 7. The van der Waals surface area contributed by atoms with Crippen molar-refractivity contribution in [3.8, 4) is 0 Å². The number of anilines is 6. The van der Waals surface area contributed by atoms with Gasteiger partial charge >= 0.3 is 0 Å². The number of fused-ring (bicyclic) bond motifs is 6. The van der Waals surface area contributed by atoms with Crippen molar-refractivity contribution in [2.75, 3.05) is 58.1 Å². The van der Waals surface area contributed by atoms with Crippen LogP contribution in [-0.2, 0) is 32.7 Å². The monoisotopic (exact) mass is 2000 g/mol. The van der Waals surface area contributed by atoms with Gasteiger partial charge in [-0.15, -0.1) is 68.0 Å². The average Bonchev–Trinajstić information content (AvgIpc) is 1.60. The largest absolute Gasteiger partial charge is 0.350 e. The van der Waals surface area contributed by atoms with Crippen LogP contribution in [0.4, 0.5) is 35.7 Å². The number of likely N-dealkylation sites (tertiary alicyclic amines) is 2. The van der Waals surface area contributed by atoms with E-state index in [4.69, 9.17) is 0 Å². The van der Waals surface area contributed by atoms with Crippen molar-refractivity contribution < 1.29 is 28.8 Å². The first kappa shape index (κ1) is 99.3. The van der Waals surface area contributed by atoms with Gasteiger partial charge in [0.15, 0.2) is 34.4 Å². The van der Waals surface area contributed by atoms with Crippen LogP contribution in [-0.4, -0.2) is 137 Å². The lowest BCUT2D eigenvalue weighted by Gasteiger charge is -2.17. The number of carbonyl (C=O) groups is 6. The van der Waals surface area contributed by atoms with E-state index in [0.717, 1.165) is 166 Å². The molecule has 27 nitrogen and oxygen atoms in total. The molecule has 0 spiro atoms. The predicted molar refractivity (Wildman–Crippen MR) is 577 cm³/mol. The summed E-state index contributed by atoms with van der Waals surface area (Å²) in [7, 11) is 0. The maximum absolute atomic E-state index is 12.9. The molecule has 4 aliphatic rings. The first-order chi connectivity index (χ1) is 69.5. The number of rotatable bonds is 31. The highest BCUT2D eigenvalue weighted by atomic mass is 32.1. The Morgan fingerprint density at radius 3 is 0.944 bits per heavy atom. The molecule has 142 heavy (non-hydrogen) atoms. The number of aromatic nitrogens is 12. The van der Waals surface area contributed by atoms with Gasteiger partial charge in [-0.05, 0) is 166 Å². The highest BCUT2D eigenvalue weighted by Gasteiger charge is 2.31. The summed E-state index contributed by atoms with van der Waals surface area (Å²) in [6.07, 6.45) is 13.7. The minimum absolute atomic E-state index is 0.0164. The Morgan fingerprint density at radius 2 is 0.613 bits per heavy atom. The number of amides is 3. The minimum atomic E-state index is -0.106. The van der Waals surface area contributed by atoms with E-state index >= 15 is 0 Å². The maximum Gasteiger partial charge on any atom is 0.274 e. The van der Waals surface area contributed by atoms with E-state index in [1.165, 1.54) is 82.4 Å². The molecule has 18 aromatic rings. The van der Waals surface area contributed by atoms with Gasteiger partial charge in [0, 0.05) is 84.2 Å². The van der Waals surface area contributed by atoms with Gasteiger partial charge in [-0.25, -0.2) is 59.8 Å². The number of ketones is 3. The zero-order valence-electron chi connectivity index (χ0n) is 79.5. The number of nitrogens with one attached hydrogen (secondary N) is 7. The molecular weight excluding hydrogens is 1890 g/mol. The van der Waals surface area contributed by atoms with Crippen LogP contribution >= 0.6 is 68.0 Å². The fourth-order valence-electron chi connectivity index (χ4n) is 16.6. The first-order valence-electron chi connectivity index (χ1n) is 48.2. The third-order valence-electron chi connectivity index (χ3n) is 24.1. The second-order valence-electron chi connectivity index (χ2n) is 35.4. The molecule has 14 heterocycles. The van der Waals surface area contributed by atoms with Gasteiger partial charge in [-0.2, -0.15) is 0 Å². The highest BCUT2D eigenvalue weighted by Crippen LogP contribution is 2.36. The zero-order chi connectivity index (χ0) is 97.9. The van der Waals surface area contributed by atoms with Gasteiger partial charge in [0.25, 0.3) is 17.7 Å². The van der Waals surface area contributed by atoms with Crippen LogP contribution < -0.4 is 37.2 Å². The average molecular weight is 2000 g/mol. The standard InChI is InChI=1S/C20H21N3OS.C19H20N4OS.C18H18N4OS.C18H19N3OS.C17H16N4OS.C17H17N3OS/c24-17(12-14-6-4-5-7-14)18-19-16(10-11-25-19)22-20(23-18)21-13-15-8-2-1-3-9-15;1-13(14-7-3-2-4-8-14)20-19-21-15-9-12-25-17(15)16(22-19)18(24)23-10-5-6-11-23;23-17(22-9-4-5-10-22)15-16-14(8-11-24-16)20-18(21-15)19-12-13-6-2-1-3-7-13;1-12(2)10-15(22)16-17-14(8-9-23-17)20-18(21-16)19-11-13-6-4-3-5-7-13;22-16(19-12-6-7-12)14-15-13(8-9-23-15)20-17(21-14)18-10-11-4-2-1-3-5-11;1-2-6-14(21)15-16-13(9-10-22-16)19-17(20-15)18-11-12-7-4-3-5-8-12/h1-3,8-11,14H,4-7,12-13H2,(H,21,22,23);2-4,7-9,12-13H,5-6,10-11H2,1H3,(H,20,21,22);1-3,6-8,11H,4-5,9-10,12H2,(H,19,20,21);3-9,12H,10-11H2,1-2H3,(H,19,20,21);1-5,8-9,12H,6-7,10H2,(H,19,22)(H,18,20,21);3-5,7-10H,2,6,11H2,1H3,(H,18,19,20). The lowest BCUT2D eigenvalue weighted by molar-refractivity contribution is 0.0782. The quantitative estimate of drug-likeness (QED) is 0.0198. The number of nitrogens with zero attached hydrogens (tertiary/aromatic N) is 14. The van der Waals surface area contributed by atoms with Crippen molar-refractivity contribution in [3.63, 3.8) is 0 Å². The molecular formula is C109H111N21O6S6. The van der Waals surface area contributed by atoms with Gasteiger partial charge < -0.3 is 47.0 Å². The van der Waals surface area contributed by atoms with Gasteiger partial charge in [0.1, 0.15) is 17.1 Å². The molecule has 7 N–H and O–H groups in total. The van der Waals surface area contributed by atoms with Crippen molar-refractivity contribution in [1.29, 1.82) is 0 Å². The van der Waals surface area contributed by atoms with Crippen molar-refractivity contribution in [3.05, 3.63) is 318 Å². The first-order valence-corrected chi connectivity index (χ1v) is 53.5. The summed E-state index contributed by atoms with van der Waals surface area (Å²) in [6, 6.07) is 72.6. The van der Waals surface area contributed by atoms with Crippen molar-refractivity contribution in [2.24, 2.45) is 11.8 Å². The van der Waals surface area contributed by atoms with E-state index < -0.39 is 0 Å². The van der Waals surface area contributed by atoms with E-state index in [9.17, 15) is 28.8 Å². The fourth-order valence-corrected chi connectivity index (χ4v) is 21.5. The Kier molecular flexibility index (Phi) is 34.5. The Morgan fingerprint density at radius 1 is 0.324 bits per heavy atom. The van der Waals surface area contributed by atoms with Gasteiger partial charge in [0.05, 0.1) is 67.3 Å². The van der Waals surface area contributed by atoms with Crippen LogP contribution in [0.15, 0.2) is 251 Å². The van der Waals surface area contributed by atoms with Crippen molar-refractivity contribution in [1.82, 2.24) is 74.9 Å². The fraction of sp³-hybridized carbons (Fsp3) is 0.284. The summed E-state index contributed by atoms with van der Waals surface area (Å²) in [5.41, 5.74) is 15.0. The molecule has 724 valence electrons. The summed E-state index contributed by atoms with van der Waals surface area (Å²) in [5.74, 6) is 4.13. The molecule has 12 aromatic heterocycles. The number of carbonyl (C=O) groups excluding carboxylic acids is 6. The summed E-state index contributed by atoms with van der Waals surface area (Å²) in [5, 5.41) is 34.2. The number of Topliss-reactive ketones (excluding diaryl/α,β-unsaturated/α-hetero) is 3. The van der Waals surface area contributed by atoms with E-state index in [1.54, 1.807) is 11.3 Å². The second-order valence-corrected chi connectivity index (χ2v) is 40.9. The topological polar surface area (TPSA) is 348 Å². The molecule has 0 radical (unpaired) electrons. The molecule has 4 fully saturated rings. The van der Waals surface area contributed by atoms with Gasteiger partial charge in [-0.3, -0.25) is 28.8 Å². The summed E-state index contributed by atoms with van der Waals surface area (Å²) >= 11 is 9.13. The van der Waals surface area contributed by atoms with Crippen LogP contribution in [0.1, 0.15) is 220 Å². The molecule has 6 aromatic carbocycles. The van der Waals surface area contributed by atoms with E-state index in [2.05, 4.69) is 128 Å². The van der Waals surface area contributed by atoms with Gasteiger partial charge in [-0.1, -0.05) is 228 Å². The number of hydrogen-bond acceptors (Lipinski definition) is 30. The van der Waals surface area contributed by atoms with Crippen LogP contribution in [0.3, 0.4) is 0 Å². The molecule has 1 unspecified atom stereocenters. The smallest absolute Gasteiger partial charge is 0.274 e. The lowest BCUT2D eigenvalue weighted by atomic mass is 9.99. The lowest BCUT2D eigenvalue weighted by Crippen LogP contribution is -2.28. The van der Waals surface area contributed by atoms with E-state index in [-0.39, 0.29) is 41.1 Å². The summed E-state index contributed by atoms with van der Waals surface area (Å²) in [6.45, 7) is 14.6. The van der Waals surface area contributed by atoms with E-state index in [1.807, 2.05) is 257 Å². The van der Waals surface area contributed by atoms with Gasteiger partial charge in [0.2, 0.25) is 35.7 Å². The molecule has 2 aliphatic carbocycles. The van der Waals surface area contributed by atoms with Crippen LogP contribution in [0, 0.1) is 11.8 Å². The molecule has 2 saturated carbocycles. The Labute approximate surface area is 847 Å². The number of thiophene rings is 6. The molecule has 22 rings (SSSR count). The molecule has 0 bridgehead atoms. The van der Waals surface area contributed by atoms with Crippen LogP contribution in [0.2, 0.25) is 0 Å². The Hall–Kier alpha value is -14.2. The van der Waals surface area contributed by atoms with Crippen LogP contribution in [0.25, 0.3) is 61.3 Å². The second kappa shape index (κ2) is 49.3. The number of benzene rings is 6. The molecule has 2 aliphatic heterocycles. The molecule has 3 amide bonds. The van der Waals surface area contributed by atoms with Crippen LogP contribution in [0.5, 0.6) is 0 Å². The predicted octanol–water partition coefficient (Wildman–Crippen LogP) is 24.7. The zero-order valence-corrected chi connectivity index (χ0v) is 84.4. The molecule has 1 atom stereocenters. The minimum Gasteiger partial charge on any atom is -0.350 e. The van der Waals surface area contributed by atoms with Crippen molar-refractivity contribution >= 4 is 200 Å². The highest BCUT2D eigenvalue weighted by molar-refractivity contribution is 7.19. The SMILES string of the molecule is CC(C)CC(=O)c1nc(NCc2ccccc2)nc2ccsc12.CC(Nc1nc(C(=O)N2CCCC2)c2sccc2n1)c1ccccc1.CCCC(=O)c1nc(NCc2ccccc2)nc2ccsc12.O=C(CC1CCCC1)c1nc(NCc2ccccc2)nc2ccsc12.O=C(NC1CC1)c1nc(NCc2ccccc2)nc2ccsc12.O=C(c1nc(NCc2ccccc2)nc2ccsc12)N1CCCC1. The summed E-state index contributed by atoms with van der Waals surface area (Å²) < 4.78 is 5.25. The third kappa shape index (κ3) is 26.9.